The molecular weight excluding hydrogens is 892 g/mol. The van der Waals surface area contributed by atoms with Crippen LogP contribution in [0.3, 0.4) is 0 Å². The second kappa shape index (κ2) is 65.2. The zero-order valence-corrected chi connectivity index (χ0v) is 46.3. The van der Waals surface area contributed by atoms with E-state index in [-0.39, 0.29) is 46.1 Å². The Labute approximate surface area is 433 Å². The van der Waals surface area contributed by atoms with Crippen LogP contribution in [0.15, 0.2) is 36.5 Å². The maximum absolute atomic E-state index is 10.3. The molecular formula is C57H110O10Ti. The number of hydrogen-bond donors (Lipinski definition) is 7. The van der Waals surface area contributed by atoms with E-state index in [0.29, 0.717) is 19.3 Å². The zero-order chi connectivity index (χ0) is 50.9. The Balaban J connectivity index is -0.000000278. The average Bonchev–Trinajstić information content (AvgIpc) is 3.27. The van der Waals surface area contributed by atoms with Crippen molar-refractivity contribution in [3.8, 4) is 0 Å². The molecule has 68 heavy (non-hydrogen) atoms. The van der Waals surface area contributed by atoms with Gasteiger partial charge in [-0.2, -0.15) is 0 Å². The molecule has 0 amide bonds. The summed E-state index contributed by atoms with van der Waals surface area (Å²) in [6.07, 6.45) is 51.9. The van der Waals surface area contributed by atoms with Gasteiger partial charge in [-0.15, -0.1) is 0 Å². The first-order chi connectivity index (χ1) is 32.2. The predicted octanol–water partition coefficient (Wildman–Crippen LogP) is 15.6. The molecule has 0 aromatic heterocycles. The van der Waals surface area contributed by atoms with E-state index in [1.165, 1.54) is 77.0 Å². The van der Waals surface area contributed by atoms with Crippen molar-refractivity contribution < 1.29 is 71.8 Å². The van der Waals surface area contributed by atoms with Gasteiger partial charge in [0.25, 0.3) is 0 Å². The number of aliphatic carboxylic acids is 3. The van der Waals surface area contributed by atoms with Crippen molar-refractivity contribution in [1.29, 1.82) is 0 Å². The zero-order valence-electron chi connectivity index (χ0n) is 44.7. The number of rotatable bonds is 45. The number of hydrogen-bond acceptors (Lipinski definition) is 7. The fourth-order valence-corrected chi connectivity index (χ4v) is 7.09. The Bertz CT molecular complexity index is 965. The molecule has 7 N–H and O–H groups in total. The summed E-state index contributed by atoms with van der Waals surface area (Å²) in [7, 11) is 0. The van der Waals surface area contributed by atoms with Crippen LogP contribution >= 0.6 is 0 Å². The van der Waals surface area contributed by atoms with Crippen LogP contribution in [0.25, 0.3) is 0 Å². The quantitative estimate of drug-likeness (QED) is 0.0175. The molecule has 3 atom stereocenters. The van der Waals surface area contributed by atoms with Crippen molar-refractivity contribution in [2.24, 2.45) is 0 Å². The predicted molar refractivity (Wildman–Crippen MR) is 283 cm³/mol. The van der Waals surface area contributed by atoms with Gasteiger partial charge in [-0.25, -0.2) is 0 Å². The summed E-state index contributed by atoms with van der Waals surface area (Å²) in [6.45, 7) is 10.0. The van der Waals surface area contributed by atoms with Crippen LogP contribution in [0.1, 0.15) is 285 Å². The minimum Gasteiger partial charge on any atom is -0.481 e. The van der Waals surface area contributed by atoms with Crippen molar-refractivity contribution in [1.82, 2.24) is 0 Å². The molecule has 3 unspecified atom stereocenters. The summed E-state index contributed by atoms with van der Waals surface area (Å²) >= 11 is 0. The number of unbranched alkanes of at least 4 members (excludes halogenated alkanes) is 24. The number of aliphatic hydroxyl groups is 4. The van der Waals surface area contributed by atoms with Crippen LogP contribution in [0.5, 0.6) is 0 Å². The van der Waals surface area contributed by atoms with E-state index < -0.39 is 17.9 Å². The van der Waals surface area contributed by atoms with Crippen LogP contribution < -0.4 is 0 Å². The molecule has 0 fully saturated rings. The monoisotopic (exact) mass is 1000 g/mol. The molecule has 10 nitrogen and oxygen atoms in total. The molecule has 11 heteroatoms. The summed E-state index contributed by atoms with van der Waals surface area (Å²) < 4.78 is 0. The summed E-state index contributed by atoms with van der Waals surface area (Å²) in [4.78, 5) is 31.0. The molecule has 0 aromatic rings. The Morgan fingerprint density at radius 2 is 0.544 bits per heavy atom. The molecule has 0 radical (unpaired) electrons. The molecule has 0 aliphatic rings. The third-order valence-electron chi connectivity index (χ3n) is 11.2. The van der Waals surface area contributed by atoms with Gasteiger partial charge >= 0.3 is 17.9 Å². The van der Waals surface area contributed by atoms with Crippen LogP contribution in [-0.2, 0) is 36.1 Å². The first-order valence-electron chi connectivity index (χ1n) is 27.6. The summed E-state index contributed by atoms with van der Waals surface area (Å²) in [5.41, 5.74) is 0. The standard InChI is InChI=1S/3C18H34O3.C3H8O.Ti/c3*1-2-3-4-11-14-17(19)15-12-9-7-5-6-8-10-13-16-18(20)21;1-3(2)4;/h3*9,12,17,19H,2-8,10-11,13-16H2,1H3,(H,20,21);3-4H,1-2H3;. The SMILES string of the molecule is CC(C)O.CCCCCCC(O)CC=CCCCCCCCC(=O)O.CCCCCCC(O)CC=CCCCCCCCC(=O)O.CCCCCCC(O)CC=CCCCCCCCC(=O)O.[Ti]. The summed E-state index contributed by atoms with van der Waals surface area (Å²) in [5.74, 6) is -2.07. The molecule has 0 saturated heterocycles. The minimum atomic E-state index is -0.689. The van der Waals surface area contributed by atoms with Crippen molar-refractivity contribution in [3.05, 3.63) is 36.5 Å². The van der Waals surface area contributed by atoms with Crippen molar-refractivity contribution >= 4 is 17.9 Å². The van der Waals surface area contributed by atoms with Crippen LogP contribution in [-0.4, -0.2) is 78.1 Å². The van der Waals surface area contributed by atoms with Gasteiger partial charge in [-0.3, -0.25) is 14.4 Å². The van der Waals surface area contributed by atoms with E-state index in [1.54, 1.807) is 13.8 Å². The van der Waals surface area contributed by atoms with E-state index >= 15 is 0 Å². The van der Waals surface area contributed by atoms with Crippen LogP contribution in [0.2, 0.25) is 0 Å². The Kier molecular flexibility index (Phi) is 72.0. The number of carboxylic acid groups (broad SMARTS) is 3. The maximum Gasteiger partial charge on any atom is 0.303 e. The number of carbonyl (C=O) groups is 3. The van der Waals surface area contributed by atoms with Crippen molar-refractivity contribution in [3.63, 3.8) is 0 Å². The fraction of sp³-hybridized carbons (Fsp3) is 0.842. The Hall–Kier alpha value is -1.82. The van der Waals surface area contributed by atoms with E-state index in [2.05, 4.69) is 57.2 Å². The molecule has 0 heterocycles. The van der Waals surface area contributed by atoms with Gasteiger partial charge in [0.1, 0.15) is 0 Å². The van der Waals surface area contributed by atoms with Gasteiger partial charge in [-0.05, 0) is 110 Å². The van der Waals surface area contributed by atoms with Gasteiger partial charge in [0.15, 0.2) is 0 Å². The smallest absolute Gasteiger partial charge is 0.303 e. The first-order valence-corrected chi connectivity index (χ1v) is 27.6. The van der Waals surface area contributed by atoms with Gasteiger partial charge in [0, 0.05) is 47.1 Å². The molecule has 0 bridgehead atoms. The van der Waals surface area contributed by atoms with E-state index in [1.807, 2.05) is 0 Å². The summed E-state index contributed by atoms with van der Waals surface area (Å²) in [6, 6.07) is 0. The summed E-state index contributed by atoms with van der Waals surface area (Å²) in [5, 5.41) is 63.0. The first kappa shape index (κ1) is 75.1. The molecule has 0 aliphatic carbocycles. The van der Waals surface area contributed by atoms with Gasteiger partial charge < -0.3 is 35.7 Å². The largest absolute Gasteiger partial charge is 0.481 e. The van der Waals surface area contributed by atoms with Crippen LogP contribution in [0.4, 0.5) is 0 Å². The Morgan fingerprint density at radius 1 is 0.338 bits per heavy atom. The van der Waals surface area contributed by atoms with E-state index in [0.717, 1.165) is 154 Å². The van der Waals surface area contributed by atoms with Crippen LogP contribution in [0, 0.1) is 0 Å². The topological polar surface area (TPSA) is 193 Å². The number of allylic oxidation sites excluding steroid dienone is 3. The van der Waals surface area contributed by atoms with E-state index in [4.69, 9.17) is 20.4 Å². The molecule has 0 spiro atoms. The van der Waals surface area contributed by atoms with Crippen molar-refractivity contribution in [2.75, 3.05) is 0 Å². The van der Waals surface area contributed by atoms with Gasteiger partial charge in [0.05, 0.1) is 18.3 Å². The molecule has 402 valence electrons. The molecule has 0 aromatic carbocycles. The van der Waals surface area contributed by atoms with Crippen molar-refractivity contribution in [2.45, 2.75) is 309 Å². The third kappa shape index (κ3) is 84.1. The Morgan fingerprint density at radius 3 is 0.765 bits per heavy atom. The minimum absolute atomic E-state index is 0. The van der Waals surface area contributed by atoms with E-state index in [9.17, 15) is 29.7 Å². The number of carboxylic acids is 3. The molecule has 0 saturated carbocycles. The van der Waals surface area contributed by atoms with Gasteiger partial charge in [-0.1, -0.05) is 192 Å². The molecule has 0 rings (SSSR count). The maximum atomic E-state index is 10.3. The fourth-order valence-electron chi connectivity index (χ4n) is 7.09. The average molecular weight is 1000 g/mol. The second-order valence-corrected chi connectivity index (χ2v) is 18.8. The third-order valence-corrected chi connectivity index (χ3v) is 11.2. The number of aliphatic hydroxyl groups excluding tert-OH is 4. The normalized spacial score (nSPS) is 12.4. The molecule has 0 aliphatic heterocycles. The van der Waals surface area contributed by atoms with Gasteiger partial charge in [0.2, 0.25) is 0 Å². The second-order valence-electron chi connectivity index (χ2n) is 18.8.